The van der Waals surface area contributed by atoms with Gasteiger partial charge in [0.05, 0.1) is 23.1 Å². The molecule has 0 aliphatic rings. The van der Waals surface area contributed by atoms with Crippen molar-refractivity contribution in [3.8, 4) is 0 Å². The van der Waals surface area contributed by atoms with Gasteiger partial charge in [0.2, 0.25) is 5.91 Å². The lowest BCUT2D eigenvalue weighted by molar-refractivity contribution is -0.129. The number of benzene rings is 1. The lowest BCUT2D eigenvalue weighted by Crippen LogP contribution is -2.29. The lowest BCUT2D eigenvalue weighted by atomic mass is 10.2. The molecule has 1 amide bonds. The molecule has 2 rings (SSSR count). The second-order valence-electron chi connectivity index (χ2n) is 4.80. The van der Waals surface area contributed by atoms with E-state index in [1.54, 1.807) is 11.9 Å². The van der Waals surface area contributed by atoms with Gasteiger partial charge in [0.25, 0.3) is 0 Å². The van der Waals surface area contributed by atoms with Crippen LogP contribution in [0.1, 0.15) is 25.5 Å². The Labute approximate surface area is 123 Å². The first-order valence-electron chi connectivity index (χ1n) is 6.77. The van der Waals surface area contributed by atoms with Gasteiger partial charge in [-0.2, -0.15) is 0 Å². The molecule has 5 heteroatoms. The number of likely N-dealkylation sites (N-methyl/N-ethyl adjacent to an activating group) is 1. The number of halogens is 1. The molecule has 0 aliphatic heterocycles. The van der Waals surface area contributed by atoms with E-state index < -0.39 is 0 Å². The van der Waals surface area contributed by atoms with Crippen molar-refractivity contribution in [1.29, 1.82) is 0 Å². The Balaban J connectivity index is 2.16. The quantitative estimate of drug-likeness (QED) is 0.850. The van der Waals surface area contributed by atoms with Crippen LogP contribution in [0.15, 0.2) is 24.3 Å². The Kier molecular flexibility index (Phi) is 4.90. The standard InChI is InChI=1S/C15H18ClN3O/c1-3-4-9-19(2)14(20)10-13-15(16)18-12-8-6-5-7-11(12)17-13/h5-8H,3-4,9-10H2,1-2H3. The Hall–Kier alpha value is -1.68. The summed E-state index contributed by atoms with van der Waals surface area (Å²) in [5, 5.41) is 0.306. The molecule has 20 heavy (non-hydrogen) atoms. The first-order chi connectivity index (χ1) is 9.61. The van der Waals surface area contributed by atoms with E-state index in [1.165, 1.54) is 0 Å². The van der Waals surface area contributed by atoms with Crippen LogP contribution in [0.2, 0.25) is 5.15 Å². The van der Waals surface area contributed by atoms with E-state index in [-0.39, 0.29) is 12.3 Å². The van der Waals surface area contributed by atoms with Gasteiger partial charge in [-0.15, -0.1) is 0 Å². The highest BCUT2D eigenvalue weighted by Crippen LogP contribution is 2.17. The van der Waals surface area contributed by atoms with Crippen molar-refractivity contribution >= 4 is 28.5 Å². The number of carbonyl (C=O) groups excluding carboxylic acids is 1. The van der Waals surface area contributed by atoms with Crippen molar-refractivity contribution < 1.29 is 4.79 Å². The Bertz CT molecular complexity index is 615. The zero-order chi connectivity index (χ0) is 14.5. The van der Waals surface area contributed by atoms with Crippen LogP contribution in [0.5, 0.6) is 0 Å². The van der Waals surface area contributed by atoms with E-state index in [0.717, 1.165) is 30.4 Å². The maximum absolute atomic E-state index is 12.1. The van der Waals surface area contributed by atoms with Crippen molar-refractivity contribution in [3.63, 3.8) is 0 Å². The van der Waals surface area contributed by atoms with Crippen LogP contribution in [0.25, 0.3) is 11.0 Å². The average Bonchev–Trinajstić information content (AvgIpc) is 2.45. The van der Waals surface area contributed by atoms with Crippen LogP contribution < -0.4 is 0 Å². The number of carbonyl (C=O) groups is 1. The second kappa shape index (κ2) is 6.66. The molecule has 0 saturated heterocycles. The van der Waals surface area contributed by atoms with Crippen LogP contribution in [-0.2, 0) is 11.2 Å². The van der Waals surface area contributed by atoms with E-state index >= 15 is 0 Å². The van der Waals surface area contributed by atoms with Gasteiger partial charge in [0, 0.05) is 13.6 Å². The summed E-state index contributed by atoms with van der Waals surface area (Å²) in [6, 6.07) is 7.50. The molecule has 0 atom stereocenters. The van der Waals surface area contributed by atoms with Crippen molar-refractivity contribution in [2.24, 2.45) is 0 Å². The van der Waals surface area contributed by atoms with Crippen molar-refractivity contribution in [3.05, 3.63) is 35.1 Å². The molecule has 0 fully saturated rings. The minimum absolute atomic E-state index is 0.0185. The number of rotatable bonds is 5. The number of hydrogen-bond donors (Lipinski definition) is 0. The van der Waals surface area contributed by atoms with Gasteiger partial charge in [-0.25, -0.2) is 9.97 Å². The predicted octanol–water partition coefficient (Wildman–Crippen LogP) is 3.08. The topological polar surface area (TPSA) is 46.1 Å². The first kappa shape index (κ1) is 14.7. The number of amides is 1. The average molecular weight is 292 g/mol. The number of hydrogen-bond acceptors (Lipinski definition) is 3. The molecule has 0 bridgehead atoms. The SMILES string of the molecule is CCCCN(C)C(=O)Cc1nc2ccccc2nc1Cl. The fourth-order valence-corrected chi connectivity index (χ4v) is 2.13. The molecule has 4 nitrogen and oxygen atoms in total. The van der Waals surface area contributed by atoms with Crippen LogP contribution in [0, 0.1) is 0 Å². The number of para-hydroxylation sites is 2. The highest BCUT2D eigenvalue weighted by Gasteiger charge is 2.14. The van der Waals surface area contributed by atoms with E-state index in [4.69, 9.17) is 11.6 Å². The molecule has 106 valence electrons. The fraction of sp³-hybridized carbons (Fsp3) is 0.400. The summed E-state index contributed by atoms with van der Waals surface area (Å²) in [5.41, 5.74) is 2.04. The lowest BCUT2D eigenvalue weighted by Gasteiger charge is -2.16. The molecular formula is C15H18ClN3O. The van der Waals surface area contributed by atoms with Crippen LogP contribution in [-0.4, -0.2) is 34.4 Å². The van der Waals surface area contributed by atoms with Gasteiger partial charge in [-0.05, 0) is 18.6 Å². The molecule has 0 spiro atoms. The highest BCUT2D eigenvalue weighted by atomic mass is 35.5. The Morgan fingerprint density at radius 1 is 1.25 bits per heavy atom. The molecule has 0 aliphatic carbocycles. The maximum atomic E-state index is 12.1. The summed E-state index contributed by atoms with van der Waals surface area (Å²) in [4.78, 5) is 22.5. The van der Waals surface area contributed by atoms with Gasteiger partial charge in [-0.1, -0.05) is 37.1 Å². The minimum atomic E-state index is 0.0185. The molecule has 2 aromatic rings. The highest BCUT2D eigenvalue weighted by molar-refractivity contribution is 6.30. The third-order valence-electron chi connectivity index (χ3n) is 3.19. The predicted molar refractivity (Wildman–Crippen MR) is 80.8 cm³/mol. The molecule has 0 saturated carbocycles. The number of fused-ring (bicyclic) bond motifs is 1. The van der Waals surface area contributed by atoms with Crippen LogP contribution >= 0.6 is 11.6 Å². The van der Waals surface area contributed by atoms with Crippen LogP contribution in [0.3, 0.4) is 0 Å². The van der Waals surface area contributed by atoms with Gasteiger partial charge < -0.3 is 4.90 Å². The molecule has 0 radical (unpaired) electrons. The van der Waals surface area contributed by atoms with Crippen molar-refractivity contribution in [2.45, 2.75) is 26.2 Å². The summed E-state index contributed by atoms with van der Waals surface area (Å²) in [5.74, 6) is 0.0185. The normalized spacial score (nSPS) is 10.8. The largest absolute Gasteiger partial charge is 0.345 e. The Morgan fingerprint density at radius 3 is 2.55 bits per heavy atom. The van der Waals surface area contributed by atoms with Gasteiger partial charge >= 0.3 is 0 Å². The summed E-state index contributed by atoms with van der Waals surface area (Å²) in [7, 11) is 1.81. The first-order valence-corrected chi connectivity index (χ1v) is 7.14. The summed E-state index contributed by atoms with van der Waals surface area (Å²) in [6.07, 6.45) is 2.25. The zero-order valence-corrected chi connectivity index (χ0v) is 12.5. The summed E-state index contributed by atoms with van der Waals surface area (Å²) in [6.45, 7) is 2.86. The summed E-state index contributed by atoms with van der Waals surface area (Å²) >= 11 is 6.11. The van der Waals surface area contributed by atoms with Gasteiger partial charge in [-0.3, -0.25) is 4.79 Å². The Morgan fingerprint density at radius 2 is 1.90 bits per heavy atom. The molecule has 0 unspecified atom stereocenters. The monoisotopic (exact) mass is 291 g/mol. The zero-order valence-electron chi connectivity index (χ0n) is 11.8. The van der Waals surface area contributed by atoms with Gasteiger partial charge in [0.15, 0.2) is 5.15 Å². The molecule has 1 heterocycles. The third-order valence-corrected chi connectivity index (χ3v) is 3.49. The molecule has 0 N–H and O–H groups in total. The molecule has 1 aromatic heterocycles. The number of nitrogens with zero attached hydrogens (tertiary/aromatic N) is 3. The smallest absolute Gasteiger partial charge is 0.228 e. The van der Waals surface area contributed by atoms with Crippen molar-refractivity contribution in [1.82, 2.24) is 14.9 Å². The number of unbranched alkanes of at least 4 members (excludes halogenated alkanes) is 1. The van der Waals surface area contributed by atoms with Crippen molar-refractivity contribution in [2.75, 3.05) is 13.6 Å². The third kappa shape index (κ3) is 3.45. The minimum Gasteiger partial charge on any atom is -0.345 e. The number of aromatic nitrogens is 2. The van der Waals surface area contributed by atoms with E-state index in [2.05, 4.69) is 16.9 Å². The van der Waals surface area contributed by atoms with E-state index in [1.807, 2.05) is 24.3 Å². The van der Waals surface area contributed by atoms with E-state index in [0.29, 0.717) is 10.8 Å². The summed E-state index contributed by atoms with van der Waals surface area (Å²) < 4.78 is 0. The van der Waals surface area contributed by atoms with Crippen LogP contribution in [0.4, 0.5) is 0 Å². The second-order valence-corrected chi connectivity index (χ2v) is 5.15. The molecule has 1 aromatic carbocycles. The van der Waals surface area contributed by atoms with E-state index in [9.17, 15) is 4.79 Å². The maximum Gasteiger partial charge on any atom is 0.228 e. The molecular weight excluding hydrogens is 274 g/mol. The van der Waals surface area contributed by atoms with Gasteiger partial charge in [0.1, 0.15) is 0 Å². The fourth-order valence-electron chi connectivity index (χ4n) is 1.93.